The zero-order valence-corrected chi connectivity index (χ0v) is 15.1. The van der Waals surface area contributed by atoms with E-state index in [0.717, 1.165) is 19.6 Å². The molecule has 1 saturated heterocycles. The molecule has 1 aliphatic heterocycles. The highest BCUT2D eigenvalue weighted by Gasteiger charge is 2.32. The summed E-state index contributed by atoms with van der Waals surface area (Å²) in [6.07, 6.45) is 0.696. The van der Waals surface area contributed by atoms with E-state index >= 15 is 0 Å². The van der Waals surface area contributed by atoms with Crippen molar-refractivity contribution in [2.75, 3.05) is 19.6 Å². The third-order valence-electron chi connectivity index (χ3n) is 4.07. The maximum atomic E-state index is 12.8. The summed E-state index contributed by atoms with van der Waals surface area (Å²) < 4.78 is 5.68. The number of aryl methyl sites for hydroxylation is 1. The lowest BCUT2D eigenvalue weighted by Gasteiger charge is -2.37. The molecule has 128 valence electrons. The molecular weight excluding hydrogens is 288 g/mol. The van der Waals surface area contributed by atoms with Crippen molar-refractivity contribution in [2.24, 2.45) is 0 Å². The van der Waals surface area contributed by atoms with Gasteiger partial charge in [-0.15, -0.1) is 0 Å². The molecule has 0 unspecified atom stereocenters. The van der Waals surface area contributed by atoms with Gasteiger partial charge in [-0.3, -0.25) is 9.69 Å². The van der Waals surface area contributed by atoms with E-state index in [0.29, 0.717) is 12.5 Å². The van der Waals surface area contributed by atoms with Crippen LogP contribution in [0.15, 0.2) is 24.3 Å². The first-order valence-corrected chi connectivity index (χ1v) is 8.50. The average molecular weight is 318 g/mol. The number of ether oxygens (including phenoxy) is 1. The van der Waals surface area contributed by atoms with Crippen molar-refractivity contribution in [3.63, 3.8) is 0 Å². The van der Waals surface area contributed by atoms with Crippen LogP contribution in [-0.2, 0) is 16.0 Å². The van der Waals surface area contributed by atoms with E-state index in [1.807, 2.05) is 20.8 Å². The van der Waals surface area contributed by atoms with Gasteiger partial charge in [-0.2, -0.15) is 0 Å². The van der Waals surface area contributed by atoms with Gasteiger partial charge in [-0.05, 0) is 46.6 Å². The van der Waals surface area contributed by atoms with Gasteiger partial charge in [-0.25, -0.2) is 0 Å². The van der Waals surface area contributed by atoms with Crippen LogP contribution in [0.2, 0.25) is 0 Å². The van der Waals surface area contributed by atoms with Crippen LogP contribution in [0.5, 0.6) is 0 Å². The Bertz CT molecular complexity index is 519. The number of benzene rings is 1. The number of hydrogen-bond acceptors (Lipinski definition) is 4. The summed E-state index contributed by atoms with van der Waals surface area (Å²) >= 11 is 0. The number of rotatable bonds is 4. The highest BCUT2D eigenvalue weighted by molar-refractivity contribution is 5.76. The van der Waals surface area contributed by atoms with Crippen molar-refractivity contribution in [1.29, 1.82) is 0 Å². The van der Waals surface area contributed by atoms with Gasteiger partial charge >= 0.3 is 5.97 Å². The highest BCUT2D eigenvalue weighted by Crippen LogP contribution is 2.17. The maximum absolute atomic E-state index is 12.8. The van der Waals surface area contributed by atoms with E-state index in [4.69, 9.17) is 4.74 Å². The van der Waals surface area contributed by atoms with Crippen molar-refractivity contribution in [3.8, 4) is 0 Å². The summed E-state index contributed by atoms with van der Waals surface area (Å²) in [6, 6.07) is 8.59. The average Bonchev–Trinajstić information content (AvgIpc) is 2.44. The van der Waals surface area contributed by atoms with Crippen LogP contribution in [0, 0.1) is 6.92 Å². The number of piperazine rings is 1. The molecule has 0 spiro atoms. The normalized spacial score (nSPS) is 21.0. The van der Waals surface area contributed by atoms with Crippen LogP contribution in [-0.4, -0.2) is 48.2 Å². The minimum absolute atomic E-state index is 0.118. The molecule has 0 saturated carbocycles. The lowest BCUT2D eigenvalue weighted by Crippen LogP contribution is -2.56. The Morgan fingerprint density at radius 1 is 1.35 bits per heavy atom. The topological polar surface area (TPSA) is 41.6 Å². The number of carbonyl (C=O) groups excluding carboxylic acids is 1. The van der Waals surface area contributed by atoms with E-state index in [1.54, 1.807) is 0 Å². The lowest BCUT2D eigenvalue weighted by molar-refractivity contribution is -0.162. The van der Waals surface area contributed by atoms with E-state index in [2.05, 4.69) is 48.3 Å². The molecule has 1 aliphatic rings. The largest absolute Gasteiger partial charge is 0.459 e. The molecule has 0 aliphatic carbocycles. The third-order valence-corrected chi connectivity index (χ3v) is 4.07. The van der Waals surface area contributed by atoms with Crippen molar-refractivity contribution >= 4 is 5.97 Å². The summed E-state index contributed by atoms with van der Waals surface area (Å²) in [5.74, 6) is -0.118. The fraction of sp³-hybridized carbons (Fsp3) is 0.632. The molecule has 1 N–H and O–H groups in total. The first-order chi connectivity index (χ1) is 10.7. The number of nitrogens with one attached hydrogen (secondary N) is 1. The number of nitrogens with zero attached hydrogens (tertiary/aromatic N) is 1. The van der Waals surface area contributed by atoms with Crippen LogP contribution in [0.1, 0.15) is 38.8 Å². The molecule has 0 amide bonds. The van der Waals surface area contributed by atoms with Crippen LogP contribution in [0.25, 0.3) is 0 Å². The van der Waals surface area contributed by atoms with Gasteiger partial charge in [0.2, 0.25) is 0 Å². The Morgan fingerprint density at radius 3 is 2.57 bits per heavy atom. The number of hydrogen-bond donors (Lipinski definition) is 1. The van der Waals surface area contributed by atoms with Crippen molar-refractivity contribution < 1.29 is 9.53 Å². The minimum Gasteiger partial charge on any atom is -0.459 e. The second-order valence-electron chi connectivity index (χ2n) is 7.59. The molecule has 1 aromatic carbocycles. The first kappa shape index (κ1) is 18.0. The zero-order chi connectivity index (χ0) is 17.0. The lowest BCUT2D eigenvalue weighted by atomic mass is 10.0. The van der Waals surface area contributed by atoms with Crippen LogP contribution in [0.3, 0.4) is 0 Å². The predicted molar refractivity (Wildman–Crippen MR) is 93.6 cm³/mol. The molecule has 0 aromatic heterocycles. The second-order valence-corrected chi connectivity index (χ2v) is 7.59. The van der Waals surface area contributed by atoms with E-state index < -0.39 is 5.60 Å². The SMILES string of the molecule is Cc1ccc(C[C@@H](C(=O)OC(C)(C)C)N2CCN[C@@H](C)C2)cc1. The van der Waals surface area contributed by atoms with Gasteiger partial charge in [0.1, 0.15) is 11.6 Å². The predicted octanol–water partition coefficient (Wildman–Crippen LogP) is 2.54. The van der Waals surface area contributed by atoms with Crippen molar-refractivity contribution in [3.05, 3.63) is 35.4 Å². The molecule has 1 fully saturated rings. The summed E-state index contributed by atoms with van der Waals surface area (Å²) in [5.41, 5.74) is 1.96. The molecular formula is C19H30N2O2. The Morgan fingerprint density at radius 2 is 2.00 bits per heavy atom. The van der Waals surface area contributed by atoms with E-state index in [1.165, 1.54) is 11.1 Å². The first-order valence-electron chi connectivity index (χ1n) is 8.50. The molecule has 4 heteroatoms. The molecule has 0 radical (unpaired) electrons. The fourth-order valence-corrected chi connectivity index (χ4v) is 2.92. The summed E-state index contributed by atoms with van der Waals surface area (Å²) in [5, 5.41) is 3.43. The van der Waals surface area contributed by atoms with Gasteiger partial charge in [0.25, 0.3) is 0 Å². The van der Waals surface area contributed by atoms with Gasteiger partial charge < -0.3 is 10.1 Å². The standard InChI is InChI=1S/C19H30N2O2/c1-14-6-8-16(9-7-14)12-17(18(22)23-19(3,4)5)21-11-10-20-15(2)13-21/h6-9,15,17,20H,10-13H2,1-5H3/t15-,17-/m0/s1. The minimum atomic E-state index is -0.456. The van der Waals surface area contributed by atoms with Crippen LogP contribution < -0.4 is 5.32 Å². The van der Waals surface area contributed by atoms with Crippen molar-refractivity contribution in [2.45, 2.75) is 58.7 Å². The molecule has 1 aromatic rings. The summed E-state index contributed by atoms with van der Waals surface area (Å²) in [4.78, 5) is 15.0. The van der Waals surface area contributed by atoms with Gasteiger partial charge in [0, 0.05) is 25.7 Å². The van der Waals surface area contributed by atoms with Gasteiger partial charge in [0.05, 0.1) is 0 Å². The Labute approximate surface area is 140 Å². The van der Waals surface area contributed by atoms with E-state index in [-0.39, 0.29) is 12.0 Å². The zero-order valence-electron chi connectivity index (χ0n) is 15.1. The molecule has 2 rings (SSSR count). The van der Waals surface area contributed by atoms with Crippen LogP contribution >= 0.6 is 0 Å². The molecule has 23 heavy (non-hydrogen) atoms. The summed E-state index contributed by atoms with van der Waals surface area (Å²) in [6.45, 7) is 12.7. The Balaban J connectivity index is 2.16. The molecule has 4 nitrogen and oxygen atoms in total. The molecule has 0 bridgehead atoms. The summed E-state index contributed by atoms with van der Waals surface area (Å²) in [7, 11) is 0. The molecule has 2 atom stereocenters. The Hall–Kier alpha value is -1.39. The number of carbonyl (C=O) groups is 1. The monoisotopic (exact) mass is 318 g/mol. The quantitative estimate of drug-likeness (QED) is 0.866. The van der Waals surface area contributed by atoms with E-state index in [9.17, 15) is 4.79 Å². The van der Waals surface area contributed by atoms with Crippen molar-refractivity contribution in [1.82, 2.24) is 10.2 Å². The Kier molecular flexibility index (Phi) is 5.82. The molecule has 1 heterocycles. The van der Waals surface area contributed by atoms with Crippen LogP contribution in [0.4, 0.5) is 0 Å². The maximum Gasteiger partial charge on any atom is 0.324 e. The second kappa shape index (κ2) is 7.45. The van der Waals surface area contributed by atoms with Gasteiger partial charge in [0.15, 0.2) is 0 Å². The third kappa shape index (κ3) is 5.63. The smallest absolute Gasteiger partial charge is 0.324 e. The fourth-order valence-electron chi connectivity index (χ4n) is 2.92. The number of esters is 1. The highest BCUT2D eigenvalue weighted by atomic mass is 16.6. The van der Waals surface area contributed by atoms with Gasteiger partial charge in [-0.1, -0.05) is 29.8 Å².